The summed E-state index contributed by atoms with van der Waals surface area (Å²) < 4.78 is 34.8. The van der Waals surface area contributed by atoms with E-state index < -0.39 is 28.0 Å². The second-order valence-corrected chi connectivity index (χ2v) is 8.28. The summed E-state index contributed by atoms with van der Waals surface area (Å²) in [7, 11) is -0.649. The molecular weight excluding hydrogens is 396 g/mol. The van der Waals surface area contributed by atoms with Crippen molar-refractivity contribution in [1.29, 1.82) is 0 Å². The number of hydrogen-bond acceptors (Lipinski definition) is 6. The third kappa shape index (κ3) is 5.71. The van der Waals surface area contributed by atoms with Crippen LogP contribution in [0.3, 0.4) is 0 Å². The largest absolute Gasteiger partial charge is 0.481 e. The summed E-state index contributed by atoms with van der Waals surface area (Å²) in [5.41, 5.74) is 1.05. The first kappa shape index (κ1) is 22.2. The highest BCUT2D eigenvalue weighted by Crippen LogP contribution is 2.22. The van der Waals surface area contributed by atoms with E-state index in [4.69, 9.17) is 9.47 Å². The summed E-state index contributed by atoms with van der Waals surface area (Å²) in [6, 6.07) is 12.9. The number of anilines is 2. The van der Waals surface area contributed by atoms with E-state index in [2.05, 4.69) is 5.32 Å². The van der Waals surface area contributed by atoms with E-state index in [0.717, 1.165) is 10.6 Å². The third-order valence-electron chi connectivity index (χ3n) is 4.23. The molecule has 9 heteroatoms. The van der Waals surface area contributed by atoms with Crippen LogP contribution in [0.2, 0.25) is 0 Å². The molecule has 1 atom stereocenters. The molecule has 0 spiro atoms. The van der Waals surface area contributed by atoms with Gasteiger partial charge in [0.05, 0.1) is 30.3 Å². The lowest BCUT2D eigenvalue weighted by Gasteiger charge is -2.20. The Labute approximate surface area is 170 Å². The van der Waals surface area contributed by atoms with Crippen LogP contribution in [-0.4, -0.2) is 46.8 Å². The highest BCUT2D eigenvalue weighted by Gasteiger charge is 2.21. The molecule has 0 saturated heterocycles. The van der Waals surface area contributed by atoms with Crippen LogP contribution >= 0.6 is 0 Å². The monoisotopic (exact) mass is 420 g/mol. The van der Waals surface area contributed by atoms with Gasteiger partial charge in [0.25, 0.3) is 5.91 Å². The van der Waals surface area contributed by atoms with Crippen LogP contribution in [0.4, 0.5) is 11.4 Å². The van der Waals surface area contributed by atoms with E-state index in [0.29, 0.717) is 23.5 Å². The lowest BCUT2D eigenvalue weighted by molar-refractivity contribution is -0.122. The van der Waals surface area contributed by atoms with Crippen LogP contribution in [0.25, 0.3) is 0 Å². The van der Waals surface area contributed by atoms with E-state index >= 15 is 0 Å². The Morgan fingerprint density at radius 1 is 1.10 bits per heavy atom. The minimum atomic E-state index is -3.37. The summed E-state index contributed by atoms with van der Waals surface area (Å²) in [5, 5.41) is 2.69. The molecule has 1 N–H and O–H groups in total. The zero-order valence-corrected chi connectivity index (χ0v) is 17.5. The topological polar surface area (TPSA) is 102 Å². The molecule has 0 aliphatic heterocycles. The Kier molecular flexibility index (Phi) is 7.22. The maximum Gasteiger partial charge on any atom is 0.339 e. The van der Waals surface area contributed by atoms with E-state index in [1.54, 1.807) is 55.5 Å². The number of para-hydroxylation sites is 1. The number of benzene rings is 2. The quantitative estimate of drug-likeness (QED) is 0.659. The van der Waals surface area contributed by atoms with Gasteiger partial charge in [-0.05, 0) is 42.8 Å². The SMILES string of the molecule is CC[C@H](Oc1ccc(N(C)S(C)(=O)=O)cc1)C(=O)Nc1ccccc1C(=O)OC. The minimum absolute atomic E-state index is 0.242. The molecule has 0 heterocycles. The van der Waals surface area contributed by atoms with Crippen LogP contribution in [0.5, 0.6) is 5.75 Å². The number of hydrogen-bond donors (Lipinski definition) is 1. The van der Waals surface area contributed by atoms with Crippen molar-refractivity contribution in [3.8, 4) is 5.75 Å². The van der Waals surface area contributed by atoms with Crippen molar-refractivity contribution in [3.63, 3.8) is 0 Å². The van der Waals surface area contributed by atoms with Gasteiger partial charge >= 0.3 is 5.97 Å². The normalized spacial score (nSPS) is 12.0. The molecule has 2 aromatic carbocycles. The standard InChI is InChI=1S/C20H24N2O6S/c1-5-18(19(23)21-17-9-7-6-8-16(17)20(24)27-3)28-15-12-10-14(11-13-15)22(2)29(4,25)26/h6-13,18H,5H2,1-4H3,(H,21,23)/t18-/m0/s1. The molecule has 0 aromatic heterocycles. The molecule has 0 saturated carbocycles. The highest BCUT2D eigenvalue weighted by atomic mass is 32.2. The molecule has 0 fully saturated rings. The van der Waals surface area contributed by atoms with Gasteiger partial charge < -0.3 is 14.8 Å². The van der Waals surface area contributed by atoms with Gasteiger partial charge in [-0.25, -0.2) is 13.2 Å². The first-order valence-electron chi connectivity index (χ1n) is 8.86. The highest BCUT2D eigenvalue weighted by molar-refractivity contribution is 7.92. The number of ether oxygens (including phenoxy) is 2. The molecule has 0 bridgehead atoms. The van der Waals surface area contributed by atoms with Gasteiger partial charge in [0.2, 0.25) is 10.0 Å². The number of nitrogens with one attached hydrogen (secondary N) is 1. The number of carbonyl (C=O) groups excluding carboxylic acids is 2. The van der Waals surface area contributed by atoms with Crippen molar-refractivity contribution in [3.05, 3.63) is 54.1 Å². The summed E-state index contributed by atoms with van der Waals surface area (Å²) in [6.45, 7) is 1.79. The maximum absolute atomic E-state index is 12.6. The van der Waals surface area contributed by atoms with Crippen molar-refractivity contribution in [1.82, 2.24) is 0 Å². The molecule has 0 aliphatic rings. The minimum Gasteiger partial charge on any atom is -0.481 e. The van der Waals surface area contributed by atoms with Gasteiger partial charge in [-0.1, -0.05) is 19.1 Å². The van der Waals surface area contributed by atoms with Crippen molar-refractivity contribution in [2.45, 2.75) is 19.4 Å². The molecule has 0 radical (unpaired) electrons. The van der Waals surface area contributed by atoms with Crippen LogP contribution < -0.4 is 14.4 Å². The van der Waals surface area contributed by atoms with Crippen LogP contribution in [0, 0.1) is 0 Å². The molecule has 29 heavy (non-hydrogen) atoms. The molecule has 2 aromatic rings. The summed E-state index contributed by atoms with van der Waals surface area (Å²) in [4.78, 5) is 24.5. The predicted octanol–water partition coefficient (Wildman–Crippen LogP) is 2.67. The number of sulfonamides is 1. The Hall–Kier alpha value is -3.07. The van der Waals surface area contributed by atoms with E-state index in [1.807, 2.05) is 0 Å². The fraction of sp³-hybridized carbons (Fsp3) is 0.300. The number of rotatable bonds is 8. The van der Waals surface area contributed by atoms with Gasteiger partial charge in [-0.15, -0.1) is 0 Å². The average Bonchev–Trinajstić information content (AvgIpc) is 2.71. The number of methoxy groups -OCH3 is 1. The van der Waals surface area contributed by atoms with Crippen molar-refractivity contribution in [2.24, 2.45) is 0 Å². The van der Waals surface area contributed by atoms with Gasteiger partial charge in [-0.3, -0.25) is 9.10 Å². The molecule has 8 nitrogen and oxygen atoms in total. The molecule has 2 rings (SSSR count). The number of esters is 1. The second kappa shape index (κ2) is 9.42. The third-order valence-corrected chi connectivity index (χ3v) is 5.44. The lowest BCUT2D eigenvalue weighted by atomic mass is 10.1. The van der Waals surface area contributed by atoms with Gasteiger partial charge in [0.15, 0.2) is 6.10 Å². The Morgan fingerprint density at radius 3 is 2.28 bits per heavy atom. The van der Waals surface area contributed by atoms with E-state index in [1.165, 1.54) is 14.2 Å². The summed E-state index contributed by atoms with van der Waals surface area (Å²) in [6.07, 6.45) is 0.692. The fourth-order valence-electron chi connectivity index (χ4n) is 2.51. The zero-order chi connectivity index (χ0) is 21.6. The molecule has 0 unspecified atom stereocenters. The second-order valence-electron chi connectivity index (χ2n) is 6.27. The number of carbonyl (C=O) groups is 2. The zero-order valence-electron chi connectivity index (χ0n) is 16.7. The smallest absolute Gasteiger partial charge is 0.339 e. The van der Waals surface area contributed by atoms with Crippen LogP contribution in [0.1, 0.15) is 23.7 Å². The van der Waals surface area contributed by atoms with E-state index in [-0.39, 0.29) is 5.56 Å². The van der Waals surface area contributed by atoms with Gasteiger partial charge in [0.1, 0.15) is 5.75 Å². The van der Waals surface area contributed by atoms with Crippen LogP contribution in [0.15, 0.2) is 48.5 Å². The van der Waals surface area contributed by atoms with Crippen molar-refractivity contribution in [2.75, 3.05) is 30.0 Å². The van der Waals surface area contributed by atoms with Gasteiger partial charge in [0, 0.05) is 7.05 Å². The molecule has 156 valence electrons. The maximum atomic E-state index is 12.6. The summed E-state index contributed by atoms with van der Waals surface area (Å²) >= 11 is 0. The predicted molar refractivity (Wildman–Crippen MR) is 111 cm³/mol. The number of nitrogens with zero attached hydrogens (tertiary/aromatic N) is 1. The molecular formula is C20H24N2O6S. The van der Waals surface area contributed by atoms with Crippen molar-refractivity contribution < 1.29 is 27.5 Å². The molecule has 1 amide bonds. The number of amides is 1. The first-order chi connectivity index (χ1) is 13.7. The fourth-order valence-corrected chi connectivity index (χ4v) is 3.01. The first-order valence-corrected chi connectivity index (χ1v) is 10.7. The van der Waals surface area contributed by atoms with E-state index in [9.17, 15) is 18.0 Å². The Morgan fingerprint density at radius 2 is 1.72 bits per heavy atom. The average molecular weight is 420 g/mol. The van der Waals surface area contributed by atoms with Crippen molar-refractivity contribution >= 4 is 33.3 Å². The Balaban J connectivity index is 2.12. The Bertz CT molecular complexity index is 973. The summed E-state index contributed by atoms with van der Waals surface area (Å²) in [5.74, 6) is -0.555. The lowest BCUT2D eigenvalue weighted by Crippen LogP contribution is -2.33. The van der Waals surface area contributed by atoms with Gasteiger partial charge in [-0.2, -0.15) is 0 Å². The van der Waals surface area contributed by atoms with Crippen LogP contribution in [-0.2, 0) is 19.6 Å². The molecule has 0 aliphatic carbocycles.